The molecule has 1 fully saturated rings. The minimum Gasteiger partial charge on any atom is -0.408 e. The van der Waals surface area contributed by atoms with E-state index in [-0.39, 0.29) is 18.0 Å². The molecule has 1 aromatic rings. The topological polar surface area (TPSA) is 94.0 Å². The summed E-state index contributed by atoms with van der Waals surface area (Å²) >= 11 is 1.51. The van der Waals surface area contributed by atoms with Gasteiger partial charge in [-0.3, -0.25) is 10.1 Å². The van der Waals surface area contributed by atoms with Crippen molar-refractivity contribution in [3.05, 3.63) is 5.89 Å². The number of rotatable bonds is 7. The quantitative estimate of drug-likeness (QED) is 0.777. The molecule has 2 rings (SSSR count). The van der Waals surface area contributed by atoms with Gasteiger partial charge in [-0.05, 0) is 19.3 Å². The molecule has 100 valence electrons. The van der Waals surface area contributed by atoms with E-state index in [1.807, 2.05) is 6.92 Å². The van der Waals surface area contributed by atoms with Crippen LogP contribution in [0.3, 0.4) is 0 Å². The predicted molar refractivity (Wildman–Crippen MR) is 70.5 cm³/mol. The highest BCUT2D eigenvalue weighted by Crippen LogP contribution is 2.39. The second-order valence-electron chi connectivity index (χ2n) is 4.45. The molecule has 0 radical (unpaired) electrons. The lowest BCUT2D eigenvalue weighted by molar-refractivity contribution is -0.113. The highest BCUT2D eigenvalue weighted by Gasteiger charge is 2.29. The van der Waals surface area contributed by atoms with Gasteiger partial charge < -0.3 is 10.2 Å². The molecule has 0 bridgehead atoms. The summed E-state index contributed by atoms with van der Waals surface area (Å²) < 4.78 is 5.34. The van der Waals surface area contributed by atoms with Crippen LogP contribution in [0.5, 0.6) is 0 Å². The van der Waals surface area contributed by atoms with Crippen LogP contribution in [0.25, 0.3) is 0 Å². The molecule has 1 heterocycles. The SMILES string of the molecule is CCC(N)CSCC(=O)Nc1nnc(C2CC2)o1. The van der Waals surface area contributed by atoms with E-state index in [0.717, 1.165) is 25.0 Å². The summed E-state index contributed by atoms with van der Waals surface area (Å²) in [6.07, 6.45) is 3.11. The zero-order valence-electron chi connectivity index (χ0n) is 10.4. The Labute approximate surface area is 110 Å². The monoisotopic (exact) mass is 270 g/mol. The fourth-order valence-electron chi connectivity index (χ4n) is 1.36. The molecule has 7 heteroatoms. The van der Waals surface area contributed by atoms with E-state index in [2.05, 4.69) is 15.5 Å². The number of carbonyl (C=O) groups is 1. The second-order valence-corrected chi connectivity index (χ2v) is 5.48. The fraction of sp³-hybridized carbons (Fsp3) is 0.727. The number of carbonyl (C=O) groups excluding carboxylic acids is 1. The van der Waals surface area contributed by atoms with Gasteiger partial charge in [-0.2, -0.15) is 11.8 Å². The first-order valence-electron chi connectivity index (χ1n) is 6.15. The first-order chi connectivity index (χ1) is 8.69. The van der Waals surface area contributed by atoms with Gasteiger partial charge in [0.05, 0.1) is 5.75 Å². The lowest BCUT2D eigenvalue weighted by atomic mass is 10.3. The van der Waals surface area contributed by atoms with Gasteiger partial charge in [-0.25, -0.2) is 0 Å². The lowest BCUT2D eigenvalue weighted by Gasteiger charge is -2.06. The average molecular weight is 270 g/mol. The molecule has 1 amide bonds. The van der Waals surface area contributed by atoms with Crippen molar-refractivity contribution in [2.75, 3.05) is 16.8 Å². The molecule has 0 saturated heterocycles. The third kappa shape index (κ3) is 3.99. The molecule has 1 aromatic heterocycles. The maximum Gasteiger partial charge on any atom is 0.322 e. The standard InChI is InChI=1S/C11H18N4O2S/c1-2-8(12)5-18-6-9(16)13-11-15-14-10(17-11)7-3-4-7/h7-8H,2-6,12H2,1H3,(H,13,15,16). The van der Waals surface area contributed by atoms with Crippen molar-refractivity contribution in [1.82, 2.24) is 10.2 Å². The normalized spacial score (nSPS) is 16.6. The third-order valence-electron chi connectivity index (χ3n) is 2.70. The smallest absolute Gasteiger partial charge is 0.322 e. The Morgan fingerprint density at radius 2 is 2.39 bits per heavy atom. The number of nitrogens with one attached hydrogen (secondary N) is 1. The van der Waals surface area contributed by atoms with E-state index in [4.69, 9.17) is 10.2 Å². The van der Waals surface area contributed by atoms with Gasteiger partial charge in [0.2, 0.25) is 11.8 Å². The maximum atomic E-state index is 11.6. The molecule has 0 aromatic carbocycles. The van der Waals surface area contributed by atoms with Crippen molar-refractivity contribution in [2.45, 2.75) is 38.1 Å². The van der Waals surface area contributed by atoms with Crippen LogP contribution in [0.15, 0.2) is 4.42 Å². The van der Waals surface area contributed by atoms with Gasteiger partial charge in [-0.15, -0.1) is 5.10 Å². The zero-order chi connectivity index (χ0) is 13.0. The van der Waals surface area contributed by atoms with Crippen molar-refractivity contribution in [3.8, 4) is 0 Å². The molecule has 1 unspecified atom stereocenters. The van der Waals surface area contributed by atoms with Gasteiger partial charge >= 0.3 is 6.01 Å². The number of anilines is 1. The molecular formula is C11H18N4O2S. The molecule has 1 aliphatic carbocycles. The Kier molecular flexibility index (Phi) is 4.60. The molecule has 6 nitrogen and oxygen atoms in total. The van der Waals surface area contributed by atoms with Gasteiger partial charge in [0.1, 0.15) is 0 Å². The summed E-state index contributed by atoms with van der Waals surface area (Å²) in [4.78, 5) is 11.6. The summed E-state index contributed by atoms with van der Waals surface area (Å²) in [5.74, 6) is 2.04. The first-order valence-corrected chi connectivity index (χ1v) is 7.31. The van der Waals surface area contributed by atoms with E-state index in [1.165, 1.54) is 11.8 Å². The van der Waals surface area contributed by atoms with Crippen LogP contribution in [0.1, 0.15) is 38.0 Å². The highest BCUT2D eigenvalue weighted by atomic mass is 32.2. The molecule has 1 saturated carbocycles. The second kappa shape index (κ2) is 6.19. The van der Waals surface area contributed by atoms with Crippen LogP contribution in [-0.4, -0.2) is 33.7 Å². The Bertz CT molecular complexity index is 406. The third-order valence-corrected chi connectivity index (χ3v) is 3.83. The van der Waals surface area contributed by atoms with Crippen molar-refractivity contribution >= 4 is 23.7 Å². The molecule has 0 spiro atoms. The number of hydrogen-bond acceptors (Lipinski definition) is 6. The number of nitrogens with zero attached hydrogens (tertiary/aromatic N) is 2. The molecule has 1 atom stereocenters. The summed E-state index contributed by atoms with van der Waals surface area (Å²) in [5, 5.41) is 10.3. The Morgan fingerprint density at radius 1 is 1.61 bits per heavy atom. The van der Waals surface area contributed by atoms with Crippen molar-refractivity contribution in [1.29, 1.82) is 0 Å². The van der Waals surface area contributed by atoms with Crippen molar-refractivity contribution in [2.24, 2.45) is 5.73 Å². The maximum absolute atomic E-state index is 11.6. The number of aromatic nitrogens is 2. The zero-order valence-corrected chi connectivity index (χ0v) is 11.2. The van der Waals surface area contributed by atoms with E-state index >= 15 is 0 Å². The molecule has 3 N–H and O–H groups in total. The lowest BCUT2D eigenvalue weighted by Crippen LogP contribution is -2.23. The van der Waals surface area contributed by atoms with E-state index in [1.54, 1.807) is 0 Å². The Morgan fingerprint density at radius 3 is 3.06 bits per heavy atom. The summed E-state index contributed by atoms with van der Waals surface area (Å²) in [6, 6.07) is 0.343. The molecule has 1 aliphatic rings. The van der Waals surface area contributed by atoms with Crippen LogP contribution in [0.2, 0.25) is 0 Å². The number of hydrogen-bond donors (Lipinski definition) is 2. The minimum atomic E-state index is -0.130. The summed E-state index contributed by atoms with van der Waals surface area (Å²) in [5.41, 5.74) is 5.76. The molecular weight excluding hydrogens is 252 g/mol. The van der Waals surface area contributed by atoms with Crippen LogP contribution in [-0.2, 0) is 4.79 Å². The highest BCUT2D eigenvalue weighted by molar-refractivity contribution is 8.00. The van der Waals surface area contributed by atoms with Gasteiger partial charge in [0.25, 0.3) is 0 Å². The van der Waals surface area contributed by atoms with Crippen molar-refractivity contribution in [3.63, 3.8) is 0 Å². The molecule has 18 heavy (non-hydrogen) atoms. The average Bonchev–Trinajstić information content (AvgIpc) is 3.10. The van der Waals surface area contributed by atoms with Crippen molar-refractivity contribution < 1.29 is 9.21 Å². The van der Waals surface area contributed by atoms with Gasteiger partial charge in [0.15, 0.2) is 0 Å². The fourth-order valence-corrected chi connectivity index (χ4v) is 2.27. The predicted octanol–water partition coefficient (Wildman–Crippen LogP) is 1.36. The largest absolute Gasteiger partial charge is 0.408 e. The van der Waals surface area contributed by atoms with E-state index in [9.17, 15) is 4.79 Å². The minimum absolute atomic E-state index is 0.130. The van der Waals surface area contributed by atoms with Gasteiger partial charge in [0, 0.05) is 17.7 Å². The number of nitrogens with two attached hydrogens (primary N) is 1. The number of amides is 1. The molecule has 0 aliphatic heterocycles. The summed E-state index contributed by atoms with van der Waals surface area (Å²) in [7, 11) is 0. The van der Waals surface area contributed by atoms with Crippen LogP contribution in [0, 0.1) is 0 Å². The Hall–Kier alpha value is -1.08. The van der Waals surface area contributed by atoms with Crippen LogP contribution >= 0.6 is 11.8 Å². The van der Waals surface area contributed by atoms with Gasteiger partial charge in [-0.1, -0.05) is 12.0 Å². The van der Waals surface area contributed by atoms with Crippen LogP contribution in [0.4, 0.5) is 6.01 Å². The van der Waals surface area contributed by atoms with E-state index in [0.29, 0.717) is 17.6 Å². The number of thioether (sulfide) groups is 1. The first kappa shape index (κ1) is 13.4. The Balaban J connectivity index is 1.69. The van der Waals surface area contributed by atoms with E-state index < -0.39 is 0 Å². The summed E-state index contributed by atoms with van der Waals surface area (Å²) in [6.45, 7) is 2.03. The van der Waals surface area contributed by atoms with Crippen LogP contribution < -0.4 is 11.1 Å².